The smallest absolute Gasteiger partial charge is 0.271 e. The average Bonchev–Trinajstić information content (AvgIpc) is 2.48. The van der Waals surface area contributed by atoms with Crippen molar-refractivity contribution >= 4 is 34.8 Å². The van der Waals surface area contributed by atoms with Crippen LogP contribution in [0.2, 0.25) is 10.0 Å². The zero-order valence-corrected chi connectivity index (χ0v) is 12.8. The van der Waals surface area contributed by atoms with Crippen molar-refractivity contribution in [3.8, 4) is 0 Å². The molecule has 0 radical (unpaired) electrons. The third-order valence-corrected chi connectivity index (χ3v) is 4.12. The fourth-order valence-electron chi connectivity index (χ4n) is 2.07. The summed E-state index contributed by atoms with van der Waals surface area (Å²) >= 11 is 11.7. The zero-order chi connectivity index (χ0) is 14.5. The van der Waals surface area contributed by atoms with E-state index in [-0.39, 0.29) is 5.91 Å². The van der Waals surface area contributed by atoms with Gasteiger partial charge in [0.25, 0.3) is 5.91 Å². The summed E-state index contributed by atoms with van der Waals surface area (Å²) < 4.78 is 0. The van der Waals surface area contributed by atoms with E-state index in [1.54, 1.807) is 18.2 Å². The van der Waals surface area contributed by atoms with Crippen molar-refractivity contribution in [3.05, 3.63) is 33.8 Å². The molecule has 0 unspecified atom stereocenters. The standard InChI is InChI=1S/C14H17Cl2N3O/c1-2-19-7-5-11(6-8-19)17-18-14(20)10-3-4-12(15)13(16)9-10/h3-4,9H,2,5-8H2,1H3,(H,18,20). The molecule has 108 valence electrons. The second-order valence-corrected chi connectivity index (χ2v) is 5.50. The molecule has 1 fully saturated rings. The Balaban J connectivity index is 1.93. The molecule has 0 aliphatic carbocycles. The maximum Gasteiger partial charge on any atom is 0.271 e. The van der Waals surface area contributed by atoms with Crippen LogP contribution < -0.4 is 5.43 Å². The zero-order valence-electron chi connectivity index (χ0n) is 11.3. The van der Waals surface area contributed by atoms with Crippen LogP contribution in [0.3, 0.4) is 0 Å². The third-order valence-electron chi connectivity index (χ3n) is 3.38. The number of carbonyl (C=O) groups excluding carboxylic acids is 1. The molecule has 1 aromatic rings. The number of benzene rings is 1. The first-order valence-corrected chi connectivity index (χ1v) is 7.39. The molecule has 1 N–H and O–H groups in total. The Hall–Kier alpha value is -1.10. The largest absolute Gasteiger partial charge is 0.303 e. The molecule has 1 aliphatic rings. The highest BCUT2D eigenvalue weighted by Crippen LogP contribution is 2.22. The van der Waals surface area contributed by atoms with Gasteiger partial charge in [-0.2, -0.15) is 5.10 Å². The number of piperidine rings is 1. The quantitative estimate of drug-likeness (QED) is 0.871. The monoisotopic (exact) mass is 313 g/mol. The van der Waals surface area contributed by atoms with E-state index < -0.39 is 0 Å². The van der Waals surface area contributed by atoms with Gasteiger partial charge in [-0.05, 0) is 24.7 Å². The molecule has 0 spiro atoms. The normalized spacial score (nSPS) is 16.1. The molecular formula is C14H17Cl2N3O. The van der Waals surface area contributed by atoms with Gasteiger partial charge in [0, 0.05) is 37.2 Å². The Morgan fingerprint density at radius 1 is 1.30 bits per heavy atom. The van der Waals surface area contributed by atoms with E-state index in [1.807, 2.05) is 0 Å². The van der Waals surface area contributed by atoms with E-state index in [0.717, 1.165) is 38.2 Å². The van der Waals surface area contributed by atoms with Gasteiger partial charge in [0.05, 0.1) is 10.0 Å². The van der Waals surface area contributed by atoms with Gasteiger partial charge in [-0.25, -0.2) is 5.43 Å². The van der Waals surface area contributed by atoms with Crippen molar-refractivity contribution in [2.24, 2.45) is 5.10 Å². The van der Waals surface area contributed by atoms with Gasteiger partial charge in [-0.3, -0.25) is 4.79 Å². The molecule has 6 heteroatoms. The molecule has 1 saturated heterocycles. The molecule has 1 aromatic carbocycles. The van der Waals surface area contributed by atoms with Crippen molar-refractivity contribution in [1.82, 2.24) is 10.3 Å². The molecule has 4 nitrogen and oxygen atoms in total. The van der Waals surface area contributed by atoms with E-state index in [1.165, 1.54) is 0 Å². The molecule has 0 atom stereocenters. The Morgan fingerprint density at radius 2 is 2.00 bits per heavy atom. The highest BCUT2D eigenvalue weighted by atomic mass is 35.5. The van der Waals surface area contributed by atoms with Gasteiger partial charge in [-0.1, -0.05) is 30.1 Å². The Morgan fingerprint density at radius 3 is 2.60 bits per heavy atom. The van der Waals surface area contributed by atoms with Crippen LogP contribution in [0.25, 0.3) is 0 Å². The Labute approximate surface area is 128 Å². The van der Waals surface area contributed by atoms with E-state index in [9.17, 15) is 4.79 Å². The van der Waals surface area contributed by atoms with E-state index >= 15 is 0 Å². The van der Waals surface area contributed by atoms with Crippen LogP contribution in [0, 0.1) is 0 Å². The van der Waals surface area contributed by atoms with Crippen molar-refractivity contribution in [2.45, 2.75) is 19.8 Å². The summed E-state index contributed by atoms with van der Waals surface area (Å²) in [4.78, 5) is 14.3. The van der Waals surface area contributed by atoms with E-state index in [0.29, 0.717) is 15.6 Å². The number of likely N-dealkylation sites (tertiary alicyclic amines) is 1. The predicted octanol–water partition coefficient (Wildman–Crippen LogP) is 3.19. The summed E-state index contributed by atoms with van der Waals surface area (Å²) in [5.74, 6) is -0.269. The highest BCUT2D eigenvalue weighted by molar-refractivity contribution is 6.42. The number of carbonyl (C=O) groups is 1. The molecule has 0 bridgehead atoms. The lowest BCUT2D eigenvalue weighted by atomic mass is 10.1. The highest BCUT2D eigenvalue weighted by Gasteiger charge is 2.14. The SMILES string of the molecule is CCN1CCC(=NNC(=O)c2ccc(Cl)c(Cl)c2)CC1. The lowest BCUT2D eigenvalue weighted by Crippen LogP contribution is -2.34. The molecule has 20 heavy (non-hydrogen) atoms. The molecular weight excluding hydrogens is 297 g/mol. The number of hydrogen-bond donors (Lipinski definition) is 1. The van der Waals surface area contributed by atoms with Crippen LogP contribution in [0.15, 0.2) is 23.3 Å². The summed E-state index contributed by atoms with van der Waals surface area (Å²) in [6, 6.07) is 4.77. The maximum atomic E-state index is 11.9. The minimum Gasteiger partial charge on any atom is -0.303 e. The first-order chi connectivity index (χ1) is 9.60. The van der Waals surface area contributed by atoms with Crippen molar-refractivity contribution in [2.75, 3.05) is 19.6 Å². The average molecular weight is 314 g/mol. The summed E-state index contributed by atoms with van der Waals surface area (Å²) in [5, 5.41) is 4.99. The van der Waals surface area contributed by atoms with Gasteiger partial charge in [-0.15, -0.1) is 0 Å². The van der Waals surface area contributed by atoms with Crippen LogP contribution >= 0.6 is 23.2 Å². The van der Waals surface area contributed by atoms with Gasteiger partial charge in [0.1, 0.15) is 0 Å². The fourth-order valence-corrected chi connectivity index (χ4v) is 2.37. The number of nitrogens with one attached hydrogen (secondary N) is 1. The third kappa shape index (κ3) is 3.95. The minimum absolute atomic E-state index is 0.269. The maximum absolute atomic E-state index is 11.9. The van der Waals surface area contributed by atoms with Crippen molar-refractivity contribution in [3.63, 3.8) is 0 Å². The van der Waals surface area contributed by atoms with Gasteiger partial charge < -0.3 is 4.90 Å². The van der Waals surface area contributed by atoms with Crippen LogP contribution in [0.4, 0.5) is 0 Å². The Kier molecular flexibility index (Phi) is 5.40. The lowest BCUT2D eigenvalue weighted by Gasteiger charge is -2.25. The number of hydrazone groups is 1. The summed E-state index contributed by atoms with van der Waals surface area (Å²) in [5.41, 5.74) is 4.06. The molecule has 2 rings (SSSR count). The molecule has 1 heterocycles. The van der Waals surface area contributed by atoms with Crippen molar-refractivity contribution in [1.29, 1.82) is 0 Å². The number of nitrogens with zero attached hydrogens (tertiary/aromatic N) is 2. The molecule has 0 aromatic heterocycles. The van der Waals surface area contributed by atoms with E-state index in [4.69, 9.17) is 23.2 Å². The second-order valence-electron chi connectivity index (χ2n) is 4.68. The molecule has 0 saturated carbocycles. The summed E-state index contributed by atoms with van der Waals surface area (Å²) in [7, 11) is 0. The number of rotatable bonds is 3. The molecule has 1 aliphatic heterocycles. The minimum atomic E-state index is -0.269. The number of halogens is 2. The van der Waals surface area contributed by atoms with Gasteiger partial charge in [0.2, 0.25) is 0 Å². The van der Waals surface area contributed by atoms with Crippen LogP contribution in [-0.2, 0) is 0 Å². The summed E-state index contributed by atoms with van der Waals surface area (Å²) in [6.07, 6.45) is 1.80. The van der Waals surface area contributed by atoms with Crippen molar-refractivity contribution < 1.29 is 4.79 Å². The van der Waals surface area contributed by atoms with Gasteiger partial charge >= 0.3 is 0 Å². The predicted molar refractivity (Wildman–Crippen MR) is 82.7 cm³/mol. The van der Waals surface area contributed by atoms with E-state index in [2.05, 4.69) is 22.4 Å². The van der Waals surface area contributed by atoms with Crippen LogP contribution in [0.5, 0.6) is 0 Å². The number of amides is 1. The first kappa shape index (κ1) is 15.3. The fraction of sp³-hybridized carbons (Fsp3) is 0.429. The summed E-state index contributed by atoms with van der Waals surface area (Å²) in [6.45, 7) is 5.20. The topological polar surface area (TPSA) is 44.7 Å². The van der Waals surface area contributed by atoms with Gasteiger partial charge in [0.15, 0.2) is 0 Å². The van der Waals surface area contributed by atoms with Crippen LogP contribution in [0.1, 0.15) is 30.1 Å². The Bertz CT molecular complexity index is 521. The number of hydrogen-bond acceptors (Lipinski definition) is 3. The van der Waals surface area contributed by atoms with Crippen LogP contribution in [-0.4, -0.2) is 36.2 Å². The lowest BCUT2D eigenvalue weighted by molar-refractivity contribution is 0.0954. The molecule has 1 amide bonds. The second kappa shape index (κ2) is 7.07. The first-order valence-electron chi connectivity index (χ1n) is 6.63.